The molecule has 4 rings (SSSR count). The number of hydrogen-bond acceptors (Lipinski definition) is 6. The molecule has 8 heteroatoms. The van der Waals surface area contributed by atoms with Gasteiger partial charge in [0.25, 0.3) is 0 Å². The largest absolute Gasteiger partial charge is 0.345 e. The number of carbonyl (C=O) groups excluding carboxylic acids is 1. The molecule has 0 aliphatic carbocycles. The van der Waals surface area contributed by atoms with Crippen LogP contribution in [-0.2, 0) is 4.79 Å². The molecule has 1 aliphatic rings. The molecule has 0 aromatic carbocycles. The van der Waals surface area contributed by atoms with Gasteiger partial charge >= 0.3 is 0 Å². The summed E-state index contributed by atoms with van der Waals surface area (Å²) < 4.78 is 1.88. The van der Waals surface area contributed by atoms with Crippen LogP contribution in [0.4, 0.5) is 0 Å². The number of pyridine rings is 2. The molecule has 1 amide bonds. The molecular formula is C17H19N7O. The number of nitrogens with zero attached hydrogens (tertiary/aromatic N) is 4. The van der Waals surface area contributed by atoms with Gasteiger partial charge in [0.05, 0.1) is 6.04 Å². The Morgan fingerprint density at radius 3 is 2.92 bits per heavy atom. The van der Waals surface area contributed by atoms with E-state index in [0.717, 1.165) is 11.2 Å². The summed E-state index contributed by atoms with van der Waals surface area (Å²) >= 11 is 0. The highest BCUT2D eigenvalue weighted by atomic mass is 16.2. The summed E-state index contributed by atoms with van der Waals surface area (Å²) in [5, 5.41) is 11.3. The summed E-state index contributed by atoms with van der Waals surface area (Å²) in [5.74, 6) is 0.643. The molecule has 4 heterocycles. The molecule has 1 aliphatic heterocycles. The van der Waals surface area contributed by atoms with Gasteiger partial charge in [0.2, 0.25) is 5.91 Å². The molecule has 0 saturated carbocycles. The lowest BCUT2D eigenvalue weighted by Gasteiger charge is -2.15. The van der Waals surface area contributed by atoms with Gasteiger partial charge in [0.1, 0.15) is 6.04 Å². The first-order valence-electron chi connectivity index (χ1n) is 8.23. The summed E-state index contributed by atoms with van der Waals surface area (Å²) in [6.07, 6.45) is 6.07. The van der Waals surface area contributed by atoms with Crippen LogP contribution in [0.2, 0.25) is 0 Å². The van der Waals surface area contributed by atoms with E-state index in [0.29, 0.717) is 12.2 Å². The topological polar surface area (TPSA) is 96.2 Å². The van der Waals surface area contributed by atoms with Gasteiger partial charge in [-0.1, -0.05) is 6.07 Å². The molecule has 3 unspecified atom stereocenters. The minimum atomic E-state index is -0.306. The van der Waals surface area contributed by atoms with Gasteiger partial charge in [-0.15, -0.1) is 10.2 Å². The number of hydrazine groups is 1. The van der Waals surface area contributed by atoms with E-state index in [9.17, 15) is 4.79 Å². The third-order valence-electron chi connectivity index (χ3n) is 4.41. The fraction of sp³-hybridized carbons (Fsp3) is 0.294. The monoisotopic (exact) mass is 337 g/mol. The SMILES string of the molecule is CC(NC(=O)C1CC(c2ccncc2)NN1)c1nnc2ccccn12. The van der Waals surface area contributed by atoms with Crippen molar-refractivity contribution in [2.24, 2.45) is 0 Å². The Labute approximate surface area is 144 Å². The van der Waals surface area contributed by atoms with Crippen LogP contribution in [-0.4, -0.2) is 31.5 Å². The molecule has 0 spiro atoms. The van der Waals surface area contributed by atoms with Crippen molar-refractivity contribution in [1.82, 2.24) is 35.8 Å². The van der Waals surface area contributed by atoms with E-state index in [2.05, 4.69) is 31.3 Å². The van der Waals surface area contributed by atoms with Crippen LogP contribution in [0.5, 0.6) is 0 Å². The quantitative estimate of drug-likeness (QED) is 0.655. The Morgan fingerprint density at radius 1 is 1.24 bits per heavy atom. The van der Waals surface area contributed by atoms with E-state index in [1.165, 1.54) is 0 Å². The average molecular weight is 337 g/mol. The lowest BCUT2D eigenvalue weighted by molar-refractivity contribution is -0.123. The van der Waals surface area contributed by atoms with Gasteiger partial charge in [0, 0.05) is 24.6 Å². The number of aromatic nitrogens is 4. The molecule has 1 fully saturated rings. The van der Waals surface area contributed by atoms with Gasteiger partial charge in [-0.2, -0.15) is 0 Å². The summed E-state index contributed by atoms with van der Waals surface area (Å²) in [6, 6.07) is 9.14. The second-order valence-corrected chi connectivity index (χ2v) is 6.13. The Kier molecular flexibility index (Phi) is 4.12. The number of carbonyl (C=O) groups is 1. The van der Waals surface area contributed by atoms with Crippen molar-refractivity contribution in [3.63, 3.8) is 0 Å². The first-order valence-corrected chi connectivity index (χ1v) is 8.23. The van der Waals surface area contributed by atoms with Crippen LogP contribution in [0.25, 0.3) is 5.65 Å². The minimum Gasteiger partial charge on any atom is -0.345 e. The number of fused-ring (bicyclic) bond motifs is 1. The maximum atomic E-state index is 12.6. The summed E-state index contributed by atoms with van der Waals surface area (Å²) in [5.41, 5.74) is 8.10. The number of nitrogens with one attached hydrogen (secondary N) is 3. The van der Waals surface area contributed by atoms with Crippen molar-refractivity contribution in [3.05, 3.63) is 60.3 Å². The maximum Gasteiger partial charge on any atom is 0.239 e. The van der Waals surface area contributed by atoms with E-state index in [1.807, 2.05) is 47.9 Å². The lowest BCUT2D eigenvalue weighted by atomic mass is 10.0. The van der Waals surface area contributed by atoms with E-state index in [-0.39, 0.29) is 24.0 Å². The number of rotatable bonds is 4. The van der Waals surface area contributed by atoms with Crippen molar-refractivity contribution in [3.8, 4) is 0 Å². The molecule has 25 heavy (non-hydrogen) atoms. The molecule has 3 N–H and O–H groups in total. The van der Waals surface area contributed by atoms with Crippen molar-refractivity contribution >= 4 is 11.6 Å². The molecule has 8 nitrogen and oxygen atoms in total. The zero-order valence-electron chi connectivity index (χ0n) is 13.8. The van der Waals surface area contributed by atoms with Crippen LogP contribution in [0.3, 0.4) is 0 Å². The highest BCUT2D eigenvalue weighted by Crippen LogP contribution is 2.22. The predicted molar refractivity (Wildman–Crippen MR) is 91.2 cm³/mol. The molecule has 3 aromatic rings. The third kappa shape index (κ3) is 3.09. The fourth-order valence-corrected chi connectivity index (χ4v) is 3.08. The highest BCUT2D eigenvalue weighted by Gasteiger charge is 2.31. The van der Waals surface area contributed by atoms with Gasteiger partial charge in [-0.05, 0) is 43.2 Å². The Morgan fingerprint density at radius 2 is 2.08 bits per heavy atom. The van der Waals surface area contributed by atoms with E-state index in [4.69, 9.17) is 0 Å². The molecule has 0 bridgehead atoms. The van der Waals surface area contributed by atoms with Gasteiger partial charge in [-0.3, -0.25) is 14.2 Å². The Balaban J connectivity index is 1.42. The molecule has 128 valence electrons. The van der Waals surface area contributed by atoms with Crippen molar-refractivity contribution in [2.45, 2.75) is 31.5 Å². The molecule has 3 aromatic heterocycles. The summed E-state index contributed by atoms with van der Waals surface area (Å²) in [6.45, 7) is 1.91. The average Bonchev–Trinajstić information content (AvgIpc) is 3.30. The normalized spacial score (nSPS) is 21.3. The smallest absolute Gasteiger partial charge is 0.239 e. The van der Waals surface area contributed by atoms with Gasteiger partial charge in [-0.25, -0.2) is 10.9 Å². The van der Waals surface area contributed by atoms with Gasteiger partial charge < -0.3 is 5.32 Å². The first kappa shape index (κ1) is 15.7. The number of amides is 1. The molecular weight excluding hydrogens is 318 g/mol. The molecule has 0 radical (unpaired) electrons. The van der Waals surface area contributed by atoms with Crippen molar-refractivity contribution in [1.29, 1.82) is 0 Å². The first-order chi connectivity index (χ1) is 12.2. The van der Waals surface area contributed by atoms with Crippen LogP contribution in [0.1, 0.15) is 36.8 Å². The van der Waals surface area contributed by atoms with E-state index < -0.39 is 0 Å². The van der Waals surface area contributed by atoms with Crippen molar-refractivity contribution < 1.29 is 4.79 Å². The van der Waals surface area contributed by atoms with Crippen LogP contribution in [0, 0.1) is 0 Å². The maximum absolute atomic E-state index is 12.6. The van der Waals surface area contributed by atoms with Crippen LogP contribution < -0.4 is 16.2 Å². The summed E-state index contributed by atoms with van der Waals surface area (Å²) in [7, 11) is 0. The zero-order chi connectivity index (χ0) is 17.2. The Hall–Kier alpha value is -2.84. The second kappa shape index (κ2) is 6.58. The standard InChI is InChI=1S/C17H19N7O/c1-11(16-23-22-15-4-2-3-9-24(15)16)19-17(25)14-10-13(20-21-14)12-5-7-18-8-6-12/h2-9,11,13-14,20-21H,10H2,1H3,(H,19,25). The molecule has 3 atom stereocenters. The summed E-state index contributed by atoms with van der Waals surface area (Å²) in [4.78, 5) is 16.6. The van der Waals surface area contributed by atoms with Crippen molar-refractivity contribution in [2.75, 3.05) is 0 Å². The third-order valence-corrected chi connectivity index (χ3v) is 4.41. The fourth-order valence-electron chi connectivity index (χ4n) is 3.08. The number of hydrogen-bond donors (Lipinski definition) is 3. The van der Waals surface area contributed by atoms with E-state index in [1.54, 1.807) is 12.4 Å². The lowest BCUT2D eigenvalue weighted by Crippen LogP contribution is -2.44. The highest BCUT2D eigenvalue weighted by molar-refractivity contribution is 5.82. The molecule has 1 saturated heterocycles. The predicted octanol–water partition coefficient (Wildman–Crippen LogP) is 0.909. The Bertz CT molecular complexity index is 879. The minimum absolute atomic E-state index is 0.0655. The van der Waals surface area contributed by atoms with Gasteiger partial charge in [0.15, 0.2) is 11.5 Å². The zero-order valence-corrected chi connectivity index (χ0v) is 13.8. The van der Waals surface area contributed by atoms with E-state index >= 15 is 0 Å². The van der Waals surface area contributed by atoms with Crippen LogP contribution >= 0.6 is 0 Å². The van der Waals surface area contributed by atoms with Crippen LogP contribution in [0.15, 0.2) is 48.9 Å². The second-order valence-electron chi connectivity index (χ2n) is 6.13.